The third-order valence-electron chi connectivity index (χ3n) is 6.38. The Labute approximate surface area is 215 Å². The molecular formula is C26H30Cl2N6O. The van der Waals surface area contributed by atoms with Crippen LogP contribution < -0.4 is 0 Å². The first kappa shape index (κ1) is 25.3. The first-order valence-electron chi connectivity index (χ1n) is 12.1. The van der Waals surface area contributed by atoms with Crippen LogP contribution in [0.15, 0.2) is 36.5 Å². The predicted molar refractivity (Wildman–Crippen MR) is 139 cm³/mol. The zero-order chi connectivity index (χ0) is 24.8. The van der Waals surface area contributed by atoms with Crippen LogP contribution in [-0.4, -0.2) is 36.0 Å². The van der Waals surface area contributed by atoms with Crippen LogP contribution in [0.2, 0.25) is 10.0 Å². The molecule has 3 heterocycles. The average molecular weight is 513 g/mol. The molecule has 0 spiro atoms. The van der Waals surface area contributed by atoms with Gasteiger partial charge < -0.3 is 4.57 Å². The number of aromatic amines is 1. The Bertz CT molecular complexity index is 1280. The van der Waals surface area contributed by atoms with Gasteiger partial charge in [0.25, 0.3) is 0 Å². The zero-order valence-electron chi connectivity index (χ0n) is 20.1. The van der Waals surface area contributed by atoms with Crippen molar-refractivity contribution in [3.63, 3.8) is 0 Å². The van der Waals surface area contributed by atoms with E-state index in [0.29, 0.717) is 23.7 Å². The molecule has 0 amide bonds. The van der Waals surface area contributed by atoms with E-state index >= 15 is 0 Å². The second-order valence-electron chi connectivity index (χ2n) is 9.23. The minimum absolute atomic E-state index is 0.0963. The number of nitrogens with zero attached hydrogens (tertiary/aromatic N) is 5. The molecule has 0 fully saturated rings. The minimum atomic E-state index is 0.0963. The highest BCUT2D eigenvalue weighted by Crippen LogP contribution is 2.30. The van der Waals surface area contributed by atoms with Crippen molar-refractivity contribution < 1.29 is 4.79 Å². The number of H-pyrrole nitrogens is 1. The van der Waals surface area contributed by atoms with Gasteiger partial charge >= 0.3 is 0 Å². The lowest BCUT2D eigenvalue weighted by Crippen LogP contribution is -2.12. The number of fused-ring (bicyclic) bond motifs is 1. The van der Waals surface area contributed by atoms with Gasteiger partial charge in [-0.05, 0) is 65.8 Å². The number of hydrogen-bond donors (Lipinski definition) is 1. The van der Waals surface area contributed by atoms with Gasteiger partial charge in [-0.3, -0.25) is 4.79 Å². The normalized spacial score (nSPS) is 12.3. The number of pyridine rings is 1. The fourth-order valence-electron chi connectivity index (χ4n) is 4.69. The van der Waals surface area contributed by atoms with Gasteiger partial charge in [0.15, 0.2) is 5.78 Å². The molecule has 4 aromatic rings. The van der Waals surface area contributed by atoms with Crippen LogP contribution in [0.1, 0.15) is 66.5 Å². The standard InChI is InChI=1S/C26H30Cl2N6O/c1-17(13-24-30-32-33-31-24)12-23(35)25-21-15-20(28)16-29-26(21)34(2)22(25)11-6-4-3-5-8-18-9-7-10-19(27)14-18/h7,9-10,14-17H,3-6,8,11-13H2,1-2H3,(H,30,31,32,33)/t17-/m0/s1. The van der Waals surface area contributed by atoms with Gasteiger partial charge in [-0.2, -0.15) is 0 Å². The van der Waals surface area contributed by atoms with E-state index in [1.807, 2.05) is 38.2 Å². The lowest BCUT2D eigenvalue weighted by Gasteiger charge is -2.11. The van der Waals surface area contributed by atoms with Crippen molar-refractivity contribution in [2.75, 3.05) is 0 Å². The van der Waals surface area contributed by atoms with Crippen LogP contribution in [0.4, 0.5) is 0 Å². The smallest absolute Gasteiger partial charge is 0.165 e. The van der Waals surface area contributed by atoms with E-state index < -0.39 is 0 Å². The molecule has 1 N–H and O–H groups in total. The molecule has 0 aliphatic heterocycles. The van der Waals surface area contributed by atoms with E-state index in [2.05, 4.69) is 36.2 Å². The summed E-state index contributed by atoms with van der Waals surface area (Å²) in [5.74, 6) is 0.889. The van der Waals surface area contributed by atoms with Crippen LogP contribution in [-0.2, 0) is 26.3 Å². The van der Waals surface area contributed by atoms with Gasteiger partial charge in [0.1, 0.15) is 11.5 Å². The van der Waals surface area contributed by atoms with E-state index in [0.717, 1.165) is 65.8 Å². The van der Waals surface area contributed by atoms with E-state index in [4.69, 9.17) is 23.2 Å². The number of halogens is 2. The SMILES string of the molecule is C[C@@H](CC(=O)c1c(CCCCCCc2cccc(Cl)c2)n(C)c2ncc(Cl)cc12)Cc1nnn[nH]1. The number of carbonyl (C=O) groups is 1. The van der Waals surface area contributed by atoms with Crippen LogP contribution in [0.25, 0.3) is 11.0 Å². The van der Waals surface area contributed by atoms with Gasteiger partial charge in [0.2, 0.25) is 0 Å². The monoisotopic (exact) mass is 512 g/mol. The summed E-state index contributed by atoms with van der Waals surface area (Å²) in [5.41, 5.74) is 3.85. The molecular weight excluding hydrogens is 483 g/mol. The number of Topliss-reactive ketones (excluding diaryl/α,β-unsaturated/α-hetero) is 1. The molecule has 0 aliphatic carbocycles. The topological polar surface area (TPSA) is 89.3 Å². The van der Waals surface area contributed by atoms with Crippen LogP contribution in [0.3, 0.4) is 0 Å². The maximum Gasteiger partial charge on any atom is 0.165 e. The fourth-order valence-corrected chi connectivity index (χ4v) is 5.06. The van der Waals surface area contributed by atoms with Crippen LogP contribution in [0, 0.1) is 5.92 Å². The first-order valence-corrected chi connectivity index (χ1v) is 12.8. The molecule has 0 saturated carbocycles. The number of ketones is 1. The number of aromatic nitrogens is 6. The Hall–Kier alpha value is -2.77. The Morgan fingerprint density at radius 3 is 2.63 bits per heavy atom. The van der Waals surface area contributed by atoms with E-state index in [1.54, 1.807) is 6.20 Å². The molecule has 0 aliphatic rings. The predicted octanol–water partition coefficient (Wildman–Crippen LogP) is 6.19. The second-order valence-corrected chi connectivity index (χ2v) is 10.1. The molecule has 4 rings (SSSR count). The third kappa shape index (κ3) is 6.47. The van der Waals surface area contributed by atoms with Crippen molar-refractivity contribution in [1.82, 2.24) is 30.2 Å². The van der Waals surface area contributed by atoms with Crippen LogP contribution >= 0.6 is 23.2 Å². The van der Waals surface area contributed by atoms with Crippen molar-refractivity contribution >= 4 is 40.0 Å². The second kappa shape index (κ2) is 11.8. The summed E-state index contributed by atoms with van der Waals surface area (Å²) < 4.78 is 2.05. The van der Waals surface area contributed by atoms with Crippen molar-refractivity contribution in [3.8, 4) is 0 Å². The quantitative estimate of drug-likeness (QED) is 0.180. The number of hydrogen-bond acceptors (Lipinski definition) is 5. The molecule has 1 aromatic carbocycles. The average Bonchev–Trinajstić information content (AvgIpc) is 3.42. The van der Waals surface area contributed by atoms with Crippen molar-refractivity contribution in [3.05, 3.63) is 69.2 Å². The largest absolute Gasteiger partial charge is 0.332 e. The number of unbranched alkanes of at least 4 members (excludes halogenated alkanes) is 3. The Balaban J connectivity index is 1.42. The summed E-state index contributed by atoms with van der Waals surface area (Å²) in [6.07, 6.45) is 8.85. The molecule has 0 saturated heterocycles. The zero-order valence-corrected chi connectivity index (χ0v) is 21.6. The van der Waals surface area contributed by atoms with E-state index in [1.165, 1.54) is 5.56 Å². The highest BCUT2D eigenvalue weighted by molar-refractivity contribution is 6.31. The first-order chi connectivity index (χ1) is 16.9. The van der Waals surface area contributed by atoms with Gasteiger partial charge in [0.05, 0.1) is 5.02 Å². The van der Waals surface area contributed by atoms with Crippen molar-refractivity contribution in [1.29, 1.82) is 0 Å². The number of rotatable bonds is 12. The van der Waals surface area contributed by atoms with E-state index in [-0.39, 0.29) is 11.7 Å². The lowest BCUT2D eigenvalue weighted by atomic mass is 9.94. The summed E-state index contributed by atoms with van der Waals surface area (Å²) >= 11 is 12.3. The van der Waals surface area contributed by atoms with Crippen molar-refractivity contribution in [2.45, 2.75) is 58.3 Å². The highest BCUT2D eigenvalue weighted by Gasteiger charge is 2.23. The summed E-state index contributed by atoms with van der Waals surface area (Å²) in [5, 5.41) is 16.1. The number of carbonyl (C=O) groups excluding carboxylic acids is 1. The summed E-state index contributed by atoms with van der Waals surface area (Å²) in [6.45, 7) is 2.04. The maximum absolute atomic E-state index is 13.5. The number of nitrogens with one attached hydrogen (secondary N) is 1. The molecule has 184 valence electrons. The number of benzene rings is 1. The molecule has 1 atom stereocenters. The Morgan fingerprint density at radius 1 is 1.09 bits per heavy atom. The van der Waals surface area contributed by atoms with Gasteiger partial charge in [-0.25, -0.2) is 10.1 Å². The van der Waals surface area contributed by atoms with E-state index in [9.17, 15) is 4.79 Å². The summed E-state index contributed by atoms with van der Waals surface area (Å²) in [6, 6.07) is 9.92. The summed E-state index contributed by atoms with van der Waals surface area (Å²) in [4.78, 5) is 18.0. The molecule has 7 nitrogen and oxygen atoms in total. The van der Waals surface area contributed by atoms with Crippen molar-refractivity contribution in [2.24, 2.45) is 13.0 Å². The van der Waals surface area contributed by atoms with Gasteiger partial charge in [-0.1, -0.05) is 55.1 Å². The number of aryl methyl sites for hydroxylation is 2. The Morgan fingerprint density at radius 2 is 1.89 bits per heavy atom. The molecule has 0 unspecified atom stereocenters. The van der Waals surface area contributed by atoms with Crippen LogP contribution in [0.5, 0.6) is 0 Å². The molecule has 0 radical (unpaired) electrons. The molecule has 0 bridgehead atoms. The maximum atomic E-state index is 13.5. The van der Waals surface area contributed by atoms with Gasteiger partial charge in [-0.15, -0.1) is 5.10 Å². The molecule has 35 heavy (non-hydrogen) atoms. The molecule has 3 aromatic heterocycles. The minimum Gasteiger partial charge on any atom is -0.332 e. The molecule has 9 heteroatoms. The summed E-state index contributed by atoms with van der Waals surface area (Å²) in [7, 11) is 1.98. The van der Waals surface area contributed by atoms with Gasteiger partial charge in [0, 0.05) is 47.8 Å². The third-order valence-corrected chi connectivity index (χ3v) is 6.82. The highest BCUT2D eigenvalue weighted by atomic mass is 35.5. The fraction of sp³-hybridized carbons (Fsp3) is 0.423. The lowest BCUT2D eigenvalue weighted by molar-refractivity contribution is 0.0964. The number of tetrazole rings is 1. The Kier molecular flexibility index (Phi) is 8.52.